The van der Waals surface area contributed by atoms with Crippen LogP contribution in [0.2, 0.25) is 10.0 Å². The molecule has 2 fully saturated rings. The van der Waals surface area contributed by atoms with Crippen LogP contribution in [0.5, 0.6) is 0 Å². The average Bonchev–Trinajstić information content (AvgIpc) is 3.02. The fourth-order valence-electron chi connectivity index (χ4n) is 4.21. The van der Waals surface area contributed by atoms with Crippen molar-refractivity contribution in [3.8, 4) is 0 Å². The molecule has 0 radical (unpaired) electrons. The molecule has 1 saturated heterocycles. The number of amides is 3. The number of carbonyl (C=O) groups excluding carboxylic acids is 4. The molecule has 1 heterocycles. The summed E-state index contributed by atoms with van der Waals surface area (Å²) in [5.74, 6) is -4.26. The second-order valence-corrected chi connectivity index (χ2v) is 11.3. The van der Waals surface area contributed by atoms with Gasteiger partial charge in [0, 0.05) is 20.2 Å². The summed E-state index contributed by atoms with van der Waals surface area (Å²) in [6.45, 7) is -0.615. The first-order chi connectivity index (χ1) is 16.1. The summed E-state index contributed by atoms with van der Waals surface area (Å²) in [5.41, 5.74) is 0.101. The molecule has 2 aromatic carbocycles. The van der Waals surface area contributed by atoms with Crippen molar-refractivity contribution in [1.82, 2.24) is 10.0 Å². The van der Waals surface area contributed by atoms with Crippen LogP contribution in [0.4, 0.5) is 4.39 Å². The van der Waals surface area contributed by atoms with Gasteiger partial charge in [0.25, 0.3) is 17.7 Å². The minimum atomic E-state index is -0.803. The van der Waals surface area contributed by atoms with Gasteiger partial charge in [-0.25, -0.2) is 9.40 Å². The number of halogens is 5. The molecular weight excluding hydrogens is 618 g/mol. The number of hydrogen-bond acceptors (Lipinski definition) is 4. The number of alkyl halides is 2. The second-order valence-electron chi connectivity index (χ2n) is 8.12. The molecule has 2 aliphatic rings. The summed E-state index contributed by atoms with van der Waals surface area (Å²) in [4.78, 5) is 53.2. The van der Waals surface area contributed by atoms with Gasteiger partial charge in [0.1, 0.15) is 12.4 Å². The van der Waals surface area contributed by atoms with Crippen molar-refractivity contribution in [2.75, 3.05) is 6.54 Å². The Morgan fingerprint density at radius 3 is 2.06 bits per heavy atom. The van der Waals surface area contributed by atoms with E-state index >= 15 is 0 Å². The lowest BCUT2D eigenvalue weighted by Gasteiger charge is -2.30. The first kappa shape index (κ1) is 25.3. The molecule has 0 unspecified atom stereocenters. The molecule has 1 saturated carbocycles. The second kappa shape index (κ2) is 10.0. The molecule has 178 valence electrons. The molecule has 11 heteroatoms. The summed E-state index contributed by atoms with van der Waals surface area (Å²) in [6, 6.07) is 8.93. The third-order valence-electron chi connectivity index (χ3n) is 5.99. The zero-order valence-corrected chi connectivity index (χ0v) is 22.1. The Morgan fingerprint density at radius 2 is 1.53 bits per heavy atom. The van der Waals surface area contributed by atoms with Crippen molar-refractivity contribution < 1.29 is 23.6 Å². The van der Waals surface area contributed by atoms with Gasteiger partial charge in [-0.05, 0) is 55.3 Å². The first-order valence-electron chi connectivity index (χ1n) is 10.3. The number of Topliss-reactive ketones (excluding diaryl/α,β-unsaturated/α-hetero) is 1. The number of carbonyl (C=O) groups is 4. The number of ketones is 1. The van der Waals surface area contributed by atoms with Crippen molar-refractivity contribution in [3.63, 3.8) is 0 Å². The molecule has 6 nitrogen and oxygen atoms in total. The average molecular weight is 635 g/mol. The van der Waals surface area contributed by atoms with Crippen LogP contribution < -0.4 is 0 Å². The lowest BCUT2D eigenvalue weighted by Crippen LogP contribution is -2.52. The highest BCUT2D eigenvalue weighted by Gasteiger charge is 2.54. The molecule has 2 aromatic rings. The van der Waals surface area contributed by atoms with Crippen molar-refractivity contribution in [3.05, 3.63) is 69.5 Å². The smallest absolute Gasteiger partial charge is 0.274 e. The normalized spacial score (nSPS) is 24.2. The number of nitrogens with zero attached hydrogens (tertiary/aromatic N) is 2. The van der Waals surface area contributed by atoms with Crippen molar-refractivity contribution >= 4 is 78.6 Å². The Kier molecular flexibility index (Phi) is 7.47. The highest BCUT2D eigenvalue weighted by Crippen LogP contribution is 2.43. The highest BCUT2D eigenvalue weighted by atomic mass is 79.9. The van der Waals surface area contributed by atoms with Gasteiger partial charge in [0.05, 0.1) is 22.4 Å². The summed E-state index contributed by atoms with van der Waals surface area (Å²) >= 11 is 19.2. The maximum Gasteiger partial charge on any atom is 0.274 e. The van der Waals surface area contributed by atoms with Crippen molar-refractivity contribution in [2.24, 2.45) is 11.8 Å². The maximum absolute atomic E-state index is 13.5. The Bertz CT molecular complexity index is 1150. The Hall–Kier alpha value is -1.81. The predicted octanol–water partition coefficient (Wildman–Crippen LogP) is 5.29. The Labute approximate surface area is 221 Å². The SMILES string of the molecule is O=C(CN(C(=O)c1ccc(Cl)cc1Cl)N1C(=O)[C@H]2C[C@H](Br)[C@@H](Br)C[C@H]2C1=O)c1ccc(F)cc1. The molecule has 0 bridgehead atoms. The van der Waals surface area contributed by atoms with E-state index in [2.05, 4.69) is 31.9 Å². The van der Waals surface area contributed by atoms with Crippen LogP contribution in [0.1, 0.15) is 33.6 Å². The van der Waals surface area contributed by atoms with E-state index in [1.54, 1.807) is 0 Å². The Balaban J connectivity index is 1.72. The third kappa shape index (κ3) is 4.80. The van der Waals surface area contributed by atoms with Gasteiger partial charge < -0.3 is 0 Å². The number of benzene rings is 2. The van der Waals surface area contributed by atoms with Crippen molar-refractivity contribution in [1.29, 1.82) is 0 Å². The van der Waals surface area contributed by atoms with Gasteiger partial charge >= 0.3 is 0 Å². The van der Waals surface area contributed by atoms with Gasteiger partial charge in [-0.3, -0.25) is 19.2 Å². The van der Waals surface area contributed by atoms with Crippen LogP contribution >= 0.6 is 55.1 Å². The van der Waals surface area contributed by atoms with E-state index in [0.717, 1.165) is 22.2 Å². The molecule has 1 aliphatic carbocycles. The largest absolute Gasteiger partial charge is 0.292 e. The van der Waals surface area contributed by atoms with Crippen LogP contribution in [-0.2, 0) is 9.59 Å². The lowest BCUT2D eigenvalue weighted by atomic mass is 9.81. The van der Waals surface area contributed by atoms with Gasteiger partial charge in [-0.15, -0.1) is 0 Å². The van der Waals surface area contributed by atoms with Crippen LogP contribution in [-0.4, -0.2) is 49.7 Å². The summed E-state index contributed by atoms with van der Waals surface area (Å²) < 4.78 is 13.3. The van der Waals surface area contributed by atoms with Crippen LogP contribution in [0.15, 0.2) is 42.5 Å². The van der Waals surface area contributed by atoms with Gasteiger partial charge in [0.2, 0.25) is 0 Å². The van der Waals surface area contributed by atoms with E-state index < -0.39 is 47.7 Å². The molecule has 1 aliphatic heterocycles. The minimum Gasteiger partial charge on any atom is -0.292 e. The fourth-order valence-corrected chi connectivity index (χ4v) is 5.94. The molecule has 4 atom stereocenters. The molecular formula is C23H17Br2Cl2FN2O4. The summed E-state index contributed by atoms with van der Waals surface area (Å²) in [6.07, 6.45) is 0.800. The summed E-state index contributed by atoms with van der Waals surface area (Å²) in [7, 11) is 0. The van der Waals surface area contributed by atoms with E-state index in [1.807, 2.05) is 0 Å². The first-order valence-corrected chi connectivity index (χ1v) is 12.9. The van der Waals surface area contributed by atoms with E-state index in [9.17, 15) is 23.6 Å². The predicted molar refractivity (Wildman–Crippen MR) is 132 cm³/mol. The maximum atomic E-state index is 13.5. The van der Waals surface area contributed by atoms with E-state index in [4.69, 9.17) is 23.2 Å². The topological polar surface area (TPSA) is 74.8 Å². The molecule has 0 N–H and O–H groups in total. The van der Waals surface area contributed by atoms with E-state index in [1.165, 1.54) is 30.3 Å². The van der Waals surface area contributed by atoms with Crippen LogP contribution in [0.3, 0.4) is 0 Å². The number of fused-ring (bicyclic) bond motifs is 1. The van der Waals surface area contributed by atoms with Crippen molar-refractivity contribution in [2.45, 2.75) is 22.5 Å². The lowest BCUT2D eigenvalue weighted by molar-refractivity contribution is -0.154. The molecule has 34 heavy (non-hydrogen) atoms. The van der Waals surface area contributed by atoms with Crippen LogP contribution in [0, 0.1) is 17.7 Å². The zero-order chi connectivity index (χ0) is 24.7. The number of hydrazine groups is 1. The fraction of sp³-hybridized carbons (Fsp3) is 0.304. The quantitative estimate of drug-likeness (QED) is 0.254. The number of hydrogen-bond donors (Lipinski definition) is 0. The minimum absolute atomic E-state index is 0.00860. The molecule has 0 spiro atoms. The number of imide groups is 1. The number of rotatable bonds is 5. The van der Waals surface area contributed by atoms with E-state index in [0.29, 0.717) is 17.9 Å². The summed E-state index contributed by atoms with van der Waals surface area (Å²) in [5, 5.41) is 1.90. The Morgan fingerprint density at radius 1 is 0.971 bits per heavy atom. The van der Waals surface area contributed by atoms with Crippen LogP contribution in [0.25, 0.3) is 0 Å². The third-order valence-corrected chi connectivity index (χ3v) is 9.27. The zero-order valence-electron chi connectivity index (χ0n) is 17.4. The monoisotopic (exact) mass is 632 g/mol. The molecule has 4 rings (SSSR count). The van der Waals surface area contributed by atoms with Gasteiger partial charge in [-0.2, -0.15) is 5.01 Å². The van der Waals surface area contributed by atoms with E-state index in [-0.39, 0.29) is 25.8 Å². The highest BCUT2D eigenvalue weighted by molar-refractivity contribution is 9.12. The molecule has 3 amide bonds. The van der Waals surface area contributed by atoms with Gasteiger partial charge in [0.15, 0.2) is 5.78 Å². The standard InChI is InChI=1S/C23H17Br2Cl2FN2O4/c24-17-8-15-16(9-18(17)25)23(34)30(22(15)33)29(10-20(31)11-1-4-13(28)5-2-11)21(32)14-6-3-12(26)7-19(14)27/h1-7,15-18H,8-10H2/t15-,16+,17-,18-/m0/s1. The molecule has 0 aromatic heterocycles. The van der Waals surface area contributed by atoms with Gasteiger partial charge in [-0.1, -0.05) is 55.1 Å².